The fourth-order valence-corrected chi connectivity index (χ4v) is 4.77. The predicted octanol–water partition coefficient (Wildman–Crippen LogP) is 2.23. The summed E-state index contributed by atoms with van der Waals surface area (Å²) in [6.45, 7) is 4.55. The zero-order valence-electron chi connectivity index (χ0n) is 15.8. The van der Waals surface area contributed by atoms with Crippen molar-refractivity contribution in [2.24, 2.45) is 11.3 Å². The Labute approximate surface area is 160 Å². The van der Waals surface area contributed by atoms with Crippen LogP contribution in [0, 0.1) is 11.3 Å². The van der Waals surface area contributed by atoms with E-state index in [1.165, 1.54) is 6.42 Å². The molecular formula is C20H29N3O4. The van der Waals surface area contributed by atoms with Crippen molar-refractivity contribution in [3.05, 3.63) is 24.2 Å². The number of nitrogens with zero attached hydrogens (tertiary/aromatic N) is 2. The van der Waals surface area contributed by atoms with Crippen LogP contribution in [0.25, 0.3) is 0 Å². The number of hydrogen-bond acceptors (Lipinski definition) is 4. The van der Waals surface area contributed by atoms with Crippen molar-refractivity contribution in [2.45, 2.75) is 38.6 Å². The van der Waals surface area contributed by atoms with Crippen LogP contribution < -0.4 is 5.32 Å². The minimum atomic E-state index is -0.144. The van der Waals surface area contributed by atoms with E-state index in [4.69, 9.17) is 9.15 Å². The van der Waals surface area contributed by atoms with E-state index >= 15 is 0 Å². The van der Waals surface area contributed by atoms with Gasteiger partial charge in [0.15, 0.2) is 0 Å². The molecule has 4 heterocycles. The third-order valence-electron chi connectivity index (χ3n) is 6.38. The lowest BCUT2D eigenvalue weighted by molar-refractivity contribution is -0.141. The molecule has 1 N–H and O–H groups in total. The third-order valence-corrected chi connectivity index (χ3v) is 6.38. The first kappa shape index (κ1) is 18.3. The maximum absolute atomic E-state index is 13.3. The second-order valence-electron chi connectivity index (χ2n) is 8.03. The molecule has 1 spiro atoms. The summed E-state index contributed by atoms with van der Waals surface area (Å²) in [6.07, 6.45) is 6.67. The van der Waals surface area contributed by atoms with Crippen molar-refractivity contribution in [3.8, 4) is 0 Å². The van der Waals surface area contributed by atoms with Gasteiger partial charge in [-0.05, 0) is 44.2 Å². The van der Waals surface area contributed by atoms with Gasteiger partial charge in [0.25, 0.3) is 0 Å². The summed E-state index contributed by atoms with van der Waals surface area (Å²) >= 11 is 0. The van der Waals surface area contributed by atoms with Gasteiger partial charge in [-0.3, -0.25) is 4.79 Å². The smallest absolute Gasteiger partial charge is 0.317 e. The normalized spacial score (nSPS) is 25.0. The lowest BCUT2D eigenvalue weighted by Gasteiger charge is -2.39. The first-order valence-corrected chi connectivity index (χ1v) is 10.1. The highest BCUT2D eigenvalue weighted by Crippen LogP contribution is 2.45. The predicted molar refractivity (Wildman–Crippen MR) is 98.9 cm³/mol. The van der Waals surface area contributed by atoms with Crippen LogP contribution in [0.4, 0.5) is 4.79 Å². The Morgan fingerprint density at radius 2 is 1.93 bits per heavy atom. The van der Waals surface area contributed by atoms with Crippen LogP contribution in [0.5, 0.6) is 0 Å². The maximum Gasteiger partial charge on any atom is 0.317 e. The number of piperidine rings is 1. The van der Waals surface area contributed by atoms with Gasteiger partial charge in [-0.1, -0.05) is 0 Å². The van der Waals surface area contributed by atoms with Crippen LogP contribution in [0.1, 0.15) is 37.9 Å². The molecule has 7 heteroatoms. The standard InChI is InChI=1S/C20H29N3O4/c24-18(22-8-2-1-3-9-22)17-14-23(15-20(17)6-11-26-12-7-20)19(25)21-13-16-5-4-10-27-16/h4-5,10,17H,1-3,6-9,11-15H2,(H,21,25). The van der Waals surface area contributed by atoms with Gasteiger partial charge in [0, 0.05) is 44.8 Å². The minimum Gasteiger partial charge on any atom is -0.467 e. The van der Waals surface area contributed by atoms with E-state index in [0.717, 1.165) is 44.5 Å². The molecule has 3 aliphatic heterocycles. The molecule has 4 rings (SSSR count). The Balaban J connectivity index is 1.45. The minimum absolute atomic E-state index is 0.117. The van der Waals surface area contributed by atoms with Gasteiger partial charge in [-0.15, -0.1) is 0 Å². The summed E-state index contributed by atoms with van der Waals surface area (Å²) in [6, 6.07) is 3.53. The maximum atomic E-state index is 13.3. The Kier molecular flexibility index (Phi) is 5.38. The SMILES string of the molecule is O=C(NCc1ccco1)N1CC(C(=O)N2CCCCC2)C2(CCOCC2)C1. The van der Waals surface area contributed by atoms with Crippen LogP contribution in [-0.2, 0) is 16.1 Å². The molecule has 1 aromatic rings. The van der Waals surface area contributed by atoms with E-state index in [1.807, 2.05) is 21.9 Å². The molecule has 27 heavy (non-hydrogen) atoms. The van der Waals surface area contributed by atoms with Gasteiger partial charge in [-0.25, -0.2) is 4.79 Å². The Morgan fingerprint density at radius 3 is 2.63 bits per heavy atom. The van der Waals surface area contributed by atoms with Crippen LogP contribution in [0.15, 0.2) is 22.8 Å². The third kappa shape index (κ3) is 3.83. The number of likely N-dealkylation sites (tertiary alicyclic amines) is 2. The van der Waals surface area contributed by atoms with E-state index in [9.17, 15) is 9.59 Å². The quantitative estimate of drug-likeness (QED) is 0.879. The monoisotopic (exact) mass is 375 g/mol. The van der Waals surface area contributed by atoms with Gasteiger partial charge in [0.2, 0.25) is 5.91 Å². The largest absolute Gasteiger partial charge is 0.467 e. The molecule has 7 nitrogen and oxygen atoms in total. The molecule has 3 fully saturated rings. The van der Waals surface area contributed by atoms with Gasteiger partial charge >= 0.3 is 6.03 Å². The molecule has 3 aliphatic rings. The van der Waals surface area contributed by atoms with Gasteiger partial charge in [0.05, 0.1) is 18.7 Å². The van der Waals surface area contributed by atoms with Crippen molar-refractivity contribution in [2.75, 3.05) is 39.4 Å². The highest BCUT2D eigenvalue weighted by atomic mass is 16.5. The topological polar surface area (TPSA) is 75.0 Å². The van der Waals surface area contributed by atoms with E-state index in [-0.39, 0.29) is 23.3 Å². The molecule has 1 aromatic heterocycles. The Morgan fingerprint density at radius 1 is 1.15 bits per heavy atom. The molecule has 0 aliphatic carbocycles. The molecular weight excluding hydrogens is 346 g/mol. The van der Waals surface area contributed by atoms with Crippen LogP contribution >= 0.6 is 0 Å². The van der Waals surface area contributed by atoms with E-state index in [2.05, 4.69) is 5.32 Å². The second kappa shape index (κ2) is 7.92. The van der Waals surface area contributed by atoms with Crippen LogP contribution in [0.3, 0.4) is 0 Å². The molecule has 0 bridgehead atoms. The summed E-state index contributed by atoms with van der Waals surface area (Å²) in [5.74, 6) is 0.844. The average molecular weight is 375 g/mol. The van der Waals surface area contributed by atoms with Crippen LogP contribution in [-0.4, -0.2) is 61.1 Å². The van der Waals surface area contributed by atoms with E-state index < -0.39 is 0 Å². The molecule has 0 radical (unpaired) electrons. The van der Waals surface area contributed by atoms with Crippen molar-refractivity contribution in [1.29, 1.82) is 0 Å². The van der Waals surface area contributed by atoms with Gasteiger partial charge in [0.1, 0.15) is 5.76 Å². The molecule has 1 atom stereocenters. The molecule has 0 saturated carbocycles. The number of hydrogen-bond donors (Lipinski definition) is 1. The first-order valence-electron chi connectivity index (χ1n) is 10.1. The number of urea groups is 1. The molecule has 148 valence electrons. The highest BCUT2D eigenvalue weighted by molar-refractivity contribution is 5.83. The summed E-state index contributed by atoms with van der Waals surface area (Å²) in [5, 5.41) is 2.93. The number of carbonyl (C=O) groups is 2. The Bertz CT molecular complexity index is 648. The zero-order valence-corrected chi connectivity index (χ0v) is 15.8. The zero-order chi connectivity index (χ0) is 18.7. The summed E-state index contributed by atoms with van der Waals surface area (Å²) in [5.41, 5.74) is -0.144. The van der Waals surface area contributed by atoms with Gasteiger partial charge in [-0.2, -0.15) is 0 Å². The summed E-state index contributed by atoms with van der Waals surface area (Å²) in [4.78, 5) is 29.9. The van der Waals surface area contributed by atoms with Crippen LogP contribution in [0.2, 0.25) is 0 Å². The number of nitrogens with one attached hydrogen (secondary N) is 1. The summed E-state index contributed by atoms with van der Waals surface area (Å²) < 4.78 is 10.9. The summed E-state index contributed by atoms with van der Waals surface area (Å²) in [7, 11) is 0. The van der Waals surface area contributed by atoms with E-state index in [0.29, 0.717) is 32.8 Å². The lowest BCUT2D eigenvalue weighted by Crippen LogP contribution is -2.47. The Hall–Kier alpha value is -2.02. The highest BCUT2D eigenvalue weighted by Gasteiger charge is 2.52. The molecule has 1 unspecified atom stereocenters. The second-order valence-corrected chi connectivity index (χ2v) is 8.03. The van der Waals surface area contributed by atoms with Crippen molar-refractivity contribution in [1.82, 2.24) is 15.1 Å². The molecule has 0 aromatic carbocycles. The average Bonchev–Trinajstić information content (AvgIpc) is 3.35. The van der Waals surface area contributed by atoms with Gasteiger partial charge < -0.3 is 24.3 Å². The number of amides is 3. The number of carbonyl (C=O) groups excluding carboxylic acids is 2. The fourth-order valence-electron chi connectivity index (χ4n) is 4.77. The lowest BCUT2D eigenvalue weighted by atomic mass is 9.71. The van der Waals surface area contributed by atoms with Crippen molar-refractivity contribution in [3.63, 3.8) is 0 Å². The number of ether oxygens (including phenoxy) is 1. The number of rotatable bonds is 3. The molecule has 3 saturated heterocycles. The molecule has 3 amide bonds. The van der Waals surface area contributed by atoms with Crippen molar-refractivity contribution >= 4 is 11.9 Å². The number of furan rings is 1. The first-order chi connectivity index (χ1) is 13.2. The fraction of sp³-hybridized carbons (Fsp3) is 0.700. The van der Waals surface area contributed by atoms with Crippen molar-refractivity contribution < 1.29 is 18.7 Å². The van der Waals surface area contributed by atoms with E-state index in [1.54, 1.807) is 6.26 Å².